The number of nitrogens with one attached hydrogen (secondary N) is 1. The van der Waals surface area contributed by atoms with E-state index in [4.69, 9.17) is 28.8 Å². The number of phosphoric ester groups is 1. The minimum absolute atomic E-state index is 0.00351. The van der Waals surface area contributed by atoms with Gasteiger partial charge in [0.05, 0.1) is 18.8 Å². The first-order valence-corrected chi connectivity index (χ1v) is 12.2. The Morgan fingerprint density at radius 2 is 2.12 bits per heavy atom. The number of carbonyl (C=O) groups excluding carboxylic acids is 1. The Morgan fingerprint density at radius 1 is 1.38 bits per heavy atom. The number of rotatable bonds is 7. The molecule has 3 fully saturated rings. The lowest BCUT2D eigenvalue weighted by Gasteiger charge is -2.35. The van der Waals surface area contributed by atoms with E-state index >= 15 is 0 Å². The second-order valence-corrected chi connectivity index (χ2v) is 10.1. The number of aromatic nitrogens is 2. The van der Waals surface area contributed by atoms with Gasteiger partial charge in [-0.05, 0) is 39.0 Å². The first-order chi connectivity index (χ1) is 15.2. The zero-order valence-electron chi connectivity index (χ0n) is 17.8. The smallest absolute Gasteiger partial charge is 0.462 e. The number of carbonyl (C=O) groups is 1. The van der Waals surface area contributed by atoms with Crippen LogP contribution >= 0.6 is 7.82 Å². The molecule has 2 aliphatic heterocycles. The molecule has 178 valence electrons. The van der Waals surface area contributed by atoms with Gasteiger partial charge in [-0.15, -0.1) is 0 Å². The molecule has 1 aromatic rings. The van der Waals surface area contributed by atoms with Crippen molar-refractivity contribution < 1.29 is 32.4 Å². The summed E-state index contributed by atoms with van der Waals surface area (Å²) < 4.78 is 41.5. The van der Waals surface area contributed by atoms with Crippen LogP contribution < -0.4 is 17.0 Å². The molecule has 0 radical (unpaired) electrons. The summed E-state index contributed by atoms with van der Waals surface area (Å²) in [6.45, 7) is 1.45. The van der Waals surface area contributed by atoms with E-state index < -0.39 is 43.0 Å². The number of aromatic amines is 1. The quantitative estimate of drug-likeness (QED) is 0.331. The predicted octanol–water partition coefficient (Wildman–Crippen LogP) is 0.958. The van der Waals surface area contributed by atoms with Crippen molar-refractivity contribution in [3.63, 3.8) is 0 Å². The maximum absolute atomic E-state index is 12.9. The number of phosphoric acid groups is 1. The lowest BCUT2D eigenvalue weighted by Crippen LogP contribution is -2.55. The summed E-state index contributed by atoms with van der Waals surface area (Å²) in [6.07, 6.45) is 3.07. The zero-order chi connectivity index (χ0) is 22.9. The van der Waals surface area contributed by atoms with Gasteiger partial charge in [0.1, 0.15) is 18.3 Å². The maximum atomic E-state index is 12.9. The number of H-pyrrole nitrogens is 1. The van der Waals surface area contributed by atoms with Gasteiger partial charge in [0.2, 0.25) is 0 Å². The molecule has 0 unspecified atom stereocenters. The van der Waals surface area contributed by atoms with Crippen molar-refractivity contribution in [2.24, 2.45) is 5.73 Å². The first kappa shape index (κ1) is 23.3. The molecule has 0 amide bonds. The van der Waals surface area contributed by atoms with Gasteiger partial charge >= 0.3 is 19.5 Å². The Labute approximate surface area is 183 Å². The van der Waals surface area contributed by atoms with Crippen molar-refractivity contribution in [3.8, 4) is 0 Å². The number of nitrogens with two attached hydrogens (primary N) is 1. The maximum Gasteiger partial charge on any atom is 0.475 e. The number of esters is 1. The van der Waals surface area contributed by atoms with Crippen LogP contribution in [0.5, 0.6) is 0 Å². The summed E-state index contributed by atoms with van der Waals surface area (Å²) in [4.78, 5) is 37.5. The second kappa shape index (κ2) is 9.20. The van der Waals surface area contributed by atoms with E-state index in [1.165, 1.54) is 12.3 Å². The van der Waals surface area contributed by atoms with Gasteiger partial charge in [0.15, 0.2) is 6.23 Å². The fourth-order valence-corrected chi connectivity index (χ4v) is 5.78. The fraction of sp³-hybridized carbons (Fsp3) is 0.737. The average Bonchev–Trinajstić information content (AvgIpc) is 3.32. The largest absolute Gasteiger partial charge is 0.475 e. The van der Waals surface area contributed by atoms with Gasteiger partial charge in [-0.2, -0.15) is 0 Å². The summed E-state index contributed by atoms with van der Waals surface area (Å²) in [7, 11) is -3.95. The highest BCUT2D eigenvalue weighted by molar-refractivity contribution is 7.48. The van der Waals surface area contributed by atoms with Crippen molar-refractivity contribution >= 4 is 13.8 Å². The number of ether oxygens (including phenoxy) is 2. The molecule has 0 aromatic carbocycles. The highest BCUT2D eigenvalue weighted by atomic mass is 31.2. The first-order valence-electron chi connectivity index (χ1n) is 10.7. The highest BCUT2D eigenvalue weighted by Crippen LogP contribution is 2.58. The fourth-order valence-electron chi connectivity index (χ4n) is 4.26. The SMILES string of the molecule is C[C@@]1(N)[C@@H]2O[P@@](=O)(OCCCC(=O)OC3CCCC3)OC[C@H]2O[C@H]1n1ccc(=O)[nH]c1=O. The Bertz CT molecular complexity index is 1000. The number of hydrogen-bond donors (Lipinski definition) is 2. The Balaban J connectivity index is 1.32. The summed E-state index contributed by atoms with van der Waals surface area (Å²) in [5.41, 5.74) is 3.89. The van der Waals surface area contributed by atoms with Crippen LogP contribution in [0.3, 0.4) is 0 Å². The van der Waals surface area contributed by atoms with Crippen LogP contribution in [0.25, 0.3) is 0 Å². The van der Waals surface area contributed by atoms with E-state index in [2.05, 4.69) is 4.98 Å². The van der Waals surface area contributed by atoms with Gasteiger partial charge < -0.3 is 15.2 Å². The Kier molecular flexibility index (Phi) is 6.71. The lowest BCUT2D eigenvalue weighted by molar-refractivity contribution is -0.149. The molecule has 2 saturated heterocycles. The molecule has 3 N–H and O–H groups in total. The Morgan fingerprint density at radius 3 is 2.84 bits per heavy atom. The molecule has 1 aliphatic carbocycles. The number of nitrogens with zero attached hydrogens (tertiary/aromatic N) is 1. The molecule has 4 rings (SSSR count). The van der Waals surface area contributed by atoms with E-state index in [1.54, 1.807) is 6.92 Å². The van der Waals surface area contributed by atoms with Gasteiger partial charge in [0, 0.05) is 18.7 Å². The molecule has 32 heavy (non-hydrogen) atoms. The van der Waals surface area contributed by atoms with E-state index in [1.807, 2.05) is 0 Å². The standard InChI is InChI=1S/C19H28N3O9P/c1-19(20)16-13(30-17(19)22-9-8-14(23)21-18(22)25)11-28-32(26,31-16)27-10-4-7-15(24)29-12-5-2-3-6-12/h8-9,12-13,16-17H,2-7,10-11,20H2,1H3,(H,21,23,25)/t13-,16-,17-,19-,32+/m1/s1. The minimum Gasteiger partial charge on any atom is -0.462 e. The lowest BCUT2D eigenvalue weighted by atomic mass is 9.93. The van der Waals surface area contributed by atoms with Crippen LogP contribution in [-0.2, 0) is 32.4 Å². The molecule has 0 spiro atoms. The van der Waals surface area contributed by atoms with E-state index in [9.17, 15) is 18.9 Å². The number of fused-ring (bicyclic) bond motifs is 1. The molecule has 1 saturated carbocycles. The predicted molar refractivity (Wildman–Crippen MR) is 110 cm³/mol. The van der Waals surface area contributed by atoms with Crippen LogP contribution in [0.1, 0.15) is 51.7 Å². The third kappa shape index (κ3) is 4.90. The van der Waals surface area contributed by atoms with Gasteiger partial charge in [-0.3, -0.25) is 32.7 Å². The normalized spacial score (nSPS) is 35.0. The van der Waals surface area contributed by atoms with Crippen LogP contribution in [0.4, 0.5) is 0 Å². The van der Waals surface area contributed by atoms with Crippen LogP contribution in [0.15, 0.2) is 21.9 Å². The molecule has 3 heterocycles. The second-order valence-electron chi connectivity index (χ2n) is 8.51. The summed E-state index contributed by atoms with van der Waals surface area (Å²) in [5, 5.41) is 0. The van der Waals surface area contributed by atoms with Gasteiger partial charge in [0.25, 0.3) is 5.56 Å². The molecular formula is C19H28N3O9P. The third-order valence-electron chi connectivity index (χ3n) is 5.90. The number of hydrogen-bond acceptors (Lipinski definition) is 10. The molecule has 1 aromatic heterocycles. The average molecular weight is 473 g/mol. The Hall–Kier alpha value is -1.82. The molecule has 0 bridgehead atoms. The molecule has 12 nitrogen and oxygen atoms in total. The van der Waals surface area contributed by atoms with E-state index in [-0.39, 0.29) is 31.7 Å². The minimum atomic E-state index is -3.95. The van der Waals surface area contributed by atoms with E-state index in [0.717, 1.165) is 30.3 Å². The van der Waals surface area contributed by atoms with Gasteiger partial charge in [-0.25, -0.2) is 9.36 Å². The summed E-state index contributed by atoms with van der Waals surface area (Å²) in [6, 6.07) is 1.17. The van der Waals surface area contributed by atoms with Crippen molar-refractivity contribution in [1.82, 2.24) is 9.55 Å². The molecule has 5 atom stereocenters. The molecular weight excluding hydrogens is 445 g/mol. The van der Waals surface area contributed by atoms with E-state index in [0.29, 0.717) is 6.42 Å². The topological polar surface area (TPSA) is 161 Å². The van der Waals surface area contributed by atoms with Gasteiger partial charge in [-0.1, -0.05) is 0 Å². The summed E-state index contributed by atoms with van der Waals surface area (Å²) >= 11 is 0. The molecule has 13 heteroatoms. The summed E-state index contributed by atoms with van der Waals surface area (Å²) in [5.74, 6) is -0.308. The van der Waals surface area contributed by atoms with Crippen LogP contribution in [0, 0.1) is 0 Å². The van der Waals surface area contributed by atoms with Crippen molar-refractivity contribution in [2.45, 2.75) is 75.5 Å². The van der Waals surface area contributed by atoms with Crippen LogP contribution in [-0.4, -0.2) is 52.6 Å². The van der Waals surface area contributed by atoms with Crippen molar-refractivity contribution in [3.05, 3.63) is 33.1 Å². The third-order valence-corrected chi connectivity index (χ3v) is 7.35. The van der Waals surface area contributed by atoms with Crippen LogP contribution in [0.2, 0.25) is 0 Å². The monoisotopic (exact) mass is 473 g/mol. The molecule has 3 aliphatic rings. The van der Waals surface area contributed by atoms with Crippen molar-refractivity contribution in [1.29, 1.82) is 0 Å². The van der Waals surface area contributed by atoms with Crippen molar-refractivity contribution in [2.75, 3.05) is 13.2 Å². The highest BCUT2D eigenvalue weighted by Gasteiger charge is 2.59. The zero-order valence-corrected chi connectivity index (χ0v) is 18.7.